The number of hydrogen-bond donors (Lipinski definition) is 4. The molecule has 2 fully saturated rings. The normalized spacial score (nSPS) is 19.2. The Morgan fingerprint density at radius 1 is 0.844 bits per heavy atom. The summed E-state index contributed by atoms with van der Waals surface area (Å²) in [6, 6.07) is -1.85. The van der Waals surface area contributed by atoms with Gasteiger partial charge < -0.3 is 39.9 Å². The van der Waals surface area contributed by atoms with E-state index >= 15 is 0 Å². The first-order valence-corrected chi connectivity index (χ1v) is 15.4. The maximum Gasteiger partial charge on any atom is 0.407 e. The van der Waals surface area contributed by atoms with Crippen LogP contribution in [-0.2, 0) is 25.5 Å². The third-order valence-electron chi connectivity index (χ3n) is 8.23. The molecule has 4 N–H and O–H groups in total. The summed E-state index contributed by atoms with van der Waals surface area (Å²) in [5.41, 5.74) is 1.44. The van der Waals surface area contributed by atoms with Gasteiger partial charge in [-0.3, -0.25) is 9.59 Å². The average molecular weight is 625 g/mol. The van der Waals surface area contributed by atoms with E-state index in [9.17, 15) is 19.2 Å². The van der Waals surface area contributed by atoms with Crippen LogP contribution in [0.1, 0.15) is 88.5 Å². The van der Waals surface area contributed by atoms with Gasteiger partial charge in [0.25, 0.3) is 0 Å². The van der Waals surface area contributed by atoms with Crippen LogP contribution >= 0.6 is 0 Å². The predicted molar refractivity (Wildman–Crippen MR) is 163 cm³/mol. The number of nitrogens with zero attached hydrogens (tertiary/aromatic N) is 4. The van der Waals surface area contributed by atoms with E-state index in [4.69, 9.17) is 9.47 Å². The topological polar surface area (TPSA) is 175 Å². The smallest absolute Gasteiger partial charge is 0.407 e. The minimum Gasteiger partial charge on any atom is -0.453 e. The van der Waals surface area contributed by atoms with Crippen LogP contribution in [0.15, 0.2) is 12.4 Å². The first kappa shape index (κ1) is 33.4. The fourth-order valence-electron chi connectivity index (χ4n) is 5.83. The Kier molecular flexibility index (Phi) is 11.1. The fourth-order valence-corrected chi connectivity index (χ4v) is 5.83. The molecule has 2 saturated heterocycles. The highest BCUT2D eigenvalue weighted by Gasteiger charge is 2.38. The van der Waals surface area contributed by atoms with Crippen molar-refractivity contribution in [1.29, 1.82) is 0 Å². The van der Waals surface area contributed by atoms with E-state index in [0.29, 0.717) is 36.9 Å². The number of likely N-dealkylation sites (tertiary alicyclic amines) is 2. The minimum atomic E-state index is -0.700. The van der Waals surface area contributed by atoms with E-state index < -0.39 is 24.3 Å². The molecule has 2 aliphatic rings. The Morgan fingerprint density at radius 3 is 1.82 bits per heavy atom. The summed E-state index contributed by atoms with van der Waals surface area (Å²) in [6.07, 6.45) is 5.70. The quantitative estimate of drug-likeness (QED) is 0.308. The molecular formula is C31H44N8O6. The summed E-state index contributed by atoms with van der Waals surface area (Å²) >= 11 is 0. The fraction of sp³-hybridized carbons (Fsp3) is 0.613. The van der Waals surface area contributed by atoms with Gasteiger partial charge in [0.2, 0.25) is 11.8 Å². The minimum absolute atomic E-state index is 0.110. The van der Waals surface area contributed by atoms with Crippen LogP contribution in [0, 0.1) is 23.7 Å². The number of hydrogen-bond acceptors (Lipinski definition) is 8. The van der Waals surface area contributed by atoms with Gasteiger partial charge >= 0.3 is 12.2 Å². The molecule has 3 unspecified atom stereocenters. The molecule has 14 nitrogen and oxygen atoms in total. The number of amides is 4. The van der Waals surface area contributed by atoms with Crippen molar-refractivity contribution >= 4 is 24.0 Å². The van der Waals surface area contributed by atoms with Gasteiger partial charge in [-0.25, -0.2) is 19.6 Å². The highest BCUT2D eigenvalue weighted by molar-refractivity contribution is 5.87. The van der Waals surface area contributed by atoms with Gasteiger partial charge in [-0.15, -0.1) is 0 Å². The van der Waals surface area contributed by atoms with Gasteiger partial charge in [0.05, 0.1) is 38.9 Å². The molecule has 2 aromatic rings. The molecule has 0 aliphatic carbocycles. The summed E-state index contributed by atoms with van der Waals surface area (Å²) < 4.78 is 9.42. The van der Waals surface area contributed by atoms with Crippen molar-refractivity contribution in [1.82, 2.24) is 40.4 Å². The van der Waals surface area contributed by atoms with Crippen molar-refractivity contribution in [3.63, 3.8) is 0 Å². The van der Waals surface area contributed by atoms with Crippen LogP contribution in [0.5, 0.6) is 0 Å². The van der Waals surface area contributed by atoms with E-state index in [1.54, 1.807) is 22.2 Å². The number of carbonyl (C=O) groups is 4. The lowest BCUT2D eigenvalue weighted by Crippen LogP contribution is -2.51. The van der Waals surface area contributed by atoms with Crippen LogP contribution in [0.2, 0.25) is 0 Å². The molecule has 4 heterocycles. The Hall–Kier alpha value is -4.54. The zero-order valence-corrected chi connectivity index (χ0v) is 26.8. The number of carbonyl (C=O) groups excluding carboxylic acids is 4. The van der Waals surface area contributed by atoms with E-state index in [2.05, 4.69) is 42.4 Å². The van der Waals surface area contributed by atoms with Crippen molar-refractivity contribution < 1.29 is 28.7 Å². The highest BCUT2D eigenvalue weighted by atomic mass is 16.5. The molecule has 0 radical (unpaired) electrons. The van der Waals surface area contributed by atoms with Crippen molar-refractivity contribution in [2.24, 2.45) is 11.8 Å². The molecule has 4 atom stereocenters. The summed E-state index contributed by atoms with van der Waals surface area (Å²) in [6.45, 7) is 8.67. The molecule has 0 saturated carbocycles. The van der Waals surface area contributed by atoms with Crippen molar-refractivity contribution in [2.75, 3.05) is 27.3 Å². The zero-order valence-electron chi connectivity index (χ0n) is 26.8. The molecule has 4 rings (SSSR count). The van der Waals surface area contributed by atoms with Gasteiger partial charge in [-0.2, -0.15) is 0 Å². The van der Waals surface area contributed by atoms with Crippen LogP contribution in [0.3, 0.4) is 0 Å². The molecule has 0 spiro atoms. The van der Waals surface area contributed by atoms with Gasteiger partial charge in [0.1, 0.15) is 29.4 Å². The highest BCUT2D eigenvalue weighted by Crippen LogP contribution is 2.32. The molecule has 14 heteroatoms. The molecule has 0 aromatic carbocycles. The van der Waals surface area contributed by atoms with Crippen molar-refractivity contribution in [2.45, 2.75) is 84.0 Å². The number of alkyl carbamates (subject to hydrolysis) is 2. The van der Waals surface area contributed by atoms with Gasteiger partial charge in [0.15, 0.2) is 0 Å². The summed E-state index contributed by atoms with van der Waals surface area (Å²) in [7, 11) is 2.55. The van der Waals surface area contributed by atoms with E-state index in [-0.39, 0.29) is 35.7 Å². The molecule has 2 aliphatic heterocycles. The Morgan fingerprint density at radius 2 is 1.33 bits per heavy atom. The second kappa shape index (κ2) is 15.0. The molecule has 45 heavy (non-hydrogen) atoms. The third-order valence-corrected chi connectivity index (χ3v) is 8.23. The molecule has 0 bridgehead atoms. The summed E-state index contributed by atoms with van der Waals surface area (Å²) in [4.78, 5) is 69.6. The zero-order chi connectivity index (χ0) is 32.7. The predicted octanol–water partition coefficient (Wildman–Crippen LogP) is 2.82. The van der Waals surface area contributed by atoms with E-state index in [1.807, 2.05) is 27.7 Å². The molecule has 2 aromatic heterocycles. The lowest BCUT2D eigenvalue weighted by Gasteiger charge is -2.30. The second-order valence-electron chi connectivity index (χ2n) is 12.0. The first-order chi connectivity index (χ1) is 21.5. The van der Waals surface area contributed by atoms with Crippen molar-refractivity contribution in [3.05, 3.63) is 35.4 Å². The van der Waals surface area contributed by atoms with Crippen LogP contribution in [0.4, 0.5) is 9.59 Å². The SMILES string of the molecule is COC(=O)NC(C(=O)N1CCCC1c1ncc(CC#Cc2cnc([C@@H]3CCCN3C(=O)C(NC(=O)OC)C(C)C)[nH]2)[nH]1)C(C)C. The maximum absolute atomic E-state index is 13.4. The Balaban J connectivity index is 1.39. The third kappa shape index (κ3) is 7.95. The average Bonchev–Trinajstić information content (AvgIpc) is 3.83. The lowest BCUT2D eigenvalue weighted by molar-refractivity contribution is -0.136. The number of imidazole rings is 2. The van der Waals surface area contributed by atoms with Crippen LogP contribution < -0.4 is 10.6 Å². The first-order valence-electron chi connectivity index (χ1n) is 15.4. The number of aromatic nitrogens is 4. The second-order valence-corrected chi connectivity index (χ2v) is 12.0. The van der Waals surface area contributed by atoms with Crippen molar-refractivity contribution in [3.8, 4) is 11.8 Å². The van der Waals surface area contributed by atoms with Gasteiger partial charge in [-0.1, -0.05) is 33.6 Å². The molecular weight excluding hydrogens is 580 g/mol. The lowest BCUT2D eigenvalue weighted by atomic mass is 10.0. The number of ether oxygens (including phenoxy) is 2. The van der Waals surface area contributed by atoms with Gasteiger partial charge in [-0.05, 0) is 43.4 Å². The monoisotopic (exact) mass is 624 g/mol. The number of rotatable bonds is 9. The number of aromatic amines is 2. The Labute approximate surface area is 263 Å². The summed E-state index contributed by atoms with van der Waals surface area (Å²) in [5, 5.41) is 5.32. The van der Waals surface area contributed by atoms with E-state index in [0.717, 1.165) is 31.4 Å². The molecule has 244 valence electrons. The van der Waals surface area contributed by atoms with Crippen LogP contribution in [-0.4, -0.2) is 93.1 Å². The summed E-state index contributed by atoms with van der Waals surface area (Å²) in [5.74, 6) is 7.04. The number of methoxy groups -OCH3 is 2. The number of H-pyrrole nitrogens is 2. The number of nitrogens with one attached hydrogen (secondary N) is 4. The Bertz CT molecular complexity index is 1420. The van der Waals surface area contributed by atoms with E-state index in [1.165, 1.54) is 14.2 Å². The maximum atomic E-state index is 13.4. The van der Waals surface area contributed by atoms with Crippen LogP contribution in [0.25, 0.3) is 0 Å². The largest absolute Gasteiger partial charge is 0.453 e. The standard InChI is InChI=1S/C31H44N8O6/c1-18(2)24(36-30(42)44-5)28(40)38-14-8-12-22(38)26-32-16-20(34-26)10-7-11-21-17-33-27(35-21)23-13-9-15-39(23)29(41)25(19(3)4)37-31(43)45-6/h16-19,22-25H,8-10,12-15H2,1-6H3,(H,32,34)(H,33,35)(H,36,42)(H,37,43)/t22?,23-,24?,25?/m0/s1. The molecule has 4 amide bonds. The van der Waals surface area contributed by atoms with Gasteiger partial charge in [0, 0.05) is 25.0 Å².